The van der Waals surface area contributed by atoms with E-state index in [2.05, 4.69) is 40.8 Å². The van der Waals surface area contributed by atoms with E-state index in [1.54, 1.807) is 7.11 Å². The number of nitrogens with two attached hydrogens (primary N) is 1. The Morgan fingerprint density at radius 3 is 2.67 bits per heavy atom. The summed E-state index contributed by atoms with van der Waals surface area (Å²) in [5.41, 5.74) is 6.56. The highest BCUT2D eigenvalue weighted by Crippen LogP contribution is 2.32. The fraction of sp³-hybridized carbons (Fsp3) is 0.667. The normalized spacial score (nSPS) is 23.7. The molecule has 1 aliphatic rings. The van der Waals surface area contributed by atoms with E-state index < -0.39 is 0 Å². The number of anilines is 2. The van der Waals surface area contributed by atoms with Gasteiger partial charge in [0.15, 0.2) is 5.82 Å². The van der Waals surface area contributed by atoms with Crippen LogP contribution in [0.15, 0.2) is 6.33 Å². The molecule has 1 saturated heterocycles. The van der Waals surface area contributed by atoms with Gasteiger partial charge in [-0.15, -0.1) is 0 Å². The summed E-state index contributed by atoms with van der Waals surface area (Å²) in [6, 6.07) is 0.519. The summed E-state index contributed by atoms with van der Waals surface area (Å²) in [6.07, 6.45) is 1.50. The van der Waals surface area contributed by atoms with Crippen LogP contribution in [0.2, 0.25) is 0 Å². The third kappa shape index (κ3) is 2.20. The first kappa shape index (κ1) is 12.9. The molecule has 6 nitrogen and oxygen atoms in total. The Balaban J connectivity index is 2.24. The second kappa shape index (κ2) is 4.97. The molecule has 100 valence electrons. The molecule has 0 saturated carbocycles. The fourth-order valence-corrected chi connectivity index (χ4v) is 2.58. The summed E-state index contributed by atoms with van der Waals surface area (Å²) in [7, 11) is 5.78. The number of aromatic nitrogens is 2. The maximum absolute atomic E-state index is 6.04. The molecule has 2 unspecified atom stereocenters. The summed E-state index contributed by atoms with van der Waals surface area (Å²) in [5.74, 6) is 1.80. The standard InChI is InChI=1S/C12H21N5O/c1-8-5-17(6-9(8)16(2)3)11-10(13)12(18-4)15-7-14-11/h7-9H,5-6,13H2,1-4H3. The minimum absolute atomic E-state index is 0.445. The molecule has 18 heavy (non-hydrogen) atoms. The monoisotopic (exact) mass is 251 g/mol. The van der Waals surface area contributed by atoms with Crippen LogP contribution in [0.25, 0.3) is 0 Å². The van der Waals surface area contributed by atoms with Crippen LogP contribution in [-0.2, 0) is 0 Å². The number of rotatable bonds is 3. The Kier molecular flexibility index (Phi) is 3.56. The SMILES string of the molecule is COc1ncnc(N2CC(C)C(N(C)C)C2)c1N. The maximum atomic E-state index is 6.04. The van der Waals surface area contributed by atoms with Gasteiger partial charge >= 0.3 is 0 Å². The highest BCUT2D eigenvalue weighted by Gasteiger charge is 2.33. The van der Waals surface area contributed by atoms with Gasteiger partial charge in [-0.3, -0.25) is 0 Å². The number of likely N-dealkylation sites (N-methyl/N-ethyl adjacent to an activating group) is 1. The summed E-state index contributed by atoms with van der Waals surface area (Å²) in [5, 5.41) is 0. The number of nitrogen functional groups attached to an aromatic ring is 1. The van der Waals surface area contributed by atoms with E-state index in [0.29, 0.717) is 23.5 Å². The van der Waals surface area contributed by atoms with E-state index in [9.17, 15) is 0 Å². The molecule has 1 fully saturated rings. The zero-order chi connectivity index (χ0) is 13.3. The molecular weight excluding hydrogens is 230 g/mol. The van der Waals surface area contributed by atoms with E-state index in [4.69, 9.17) is 10.5 Å². The number of ether oxygens (including phenoxy) is 1. The topological polar surface area (TPSA) is 67.5 Å². The van der Waals surface area contributed by atoms with Gasteiger partial charge in [0.2, 0.25) is 5.88 Å². The molecular formula is C12H21N5O. The van der Waals surface area contributed by atoms with E-state index >= 15 is 0 Å². The van der Waals surface area contributed by atoms with Crippen LogP contribution >= 0.6 is 0 Å². The van der Waals surface area contributed by atoms with E-state index in [1.807, 2.05) is 0 Å². The lowest BCUT2D eigenvalue weighted by molar-refractivity contribution is 0.266. The molecule has 0 amide bonds. The summed E-state index contributed by atoms with van der Waals surface area (Å²) in [4.78, 5) is 12.7. The Morgan fingerprint density at radius 2 is 2.11 bits per heavy atom. The number of methoxy groups -OCH3 is 1. The summed E-state index contributed by atoms with van der Waals surface area (Å²) < 4.78 is 5.13. The predicted molar refractivity (Wildman–Crippen MR) is 71.8 cm³/mol. The molecule has 2 rings (SSSR count). The fourth-order valence-electron chi connectivity index (χ4n) is 2.58. The van der Waals surface area contributed by atoms with Crippen molar-refractivity contribution in [1.82, 2.24) is 14.9 Å². The zero-order valence-electron chi connectivity index (χ0n) is 11.4. The van der Waals surface area contributed by atoms with Crippen LogP contribution in [-0.4, -0.2) is 55.2 Å². The second-order valence-electron chi connectivity index (χ2n) is 5.03. The van der Waals surface area contributed by atoms with Crippen molar-refractivity contribution >= 4 is 11.5 Å². The first-order valence-electron chi connectivity index (χ1n) is 6.10. The predicted octanol–water partition coefficient (Wildman–Crippen LogP) is 0.454. The zero-order valence-corrected chi connectivity index (χ0v) is 11.4. The van der Waals surface area contributed by atoms with E-state index in [-0.39, 0.29) is 0 Å². The molecule has 6 heteroatoms. The van der Waals surface area contributed by atoms with Gasteiger partial charge in [0, 0.05) is 19.1 Å². The van der Waals surface area contributed by atoms with Gasteiger partial charge in [-0.05, 0) is 20.0 Å². The average Bonchev–Trinajstić information content (AvgIpc) is 2.71. The minimum Gasteiger partial charge on any atom is -0.479 e. The highest BCUT2D eigenvalue weighted by molar-refractivity contribution is 5.68. The van der Waals surface area contributed by atoms with Gasteiger partial charge in [-0.2, -0.15) is 4.98 Å². The van der Waals surface area contributed by atoms with Crippen molar-refractivity contribution in [2.75, 3.05) is 44.9 Å². The van der Waals surface area contributed by atoms with Crippen molar-refractivity contribution in [2.24, 2.45) is 5.92 Å². The van der Waals surface area contributed by atoms with Gasteiger partial charge in [0.25, 0.3) is 0 Å². The van der Waals surface area contributed by atoms with Crippen LogP contribution in [0.4, 0.5) is 11.5 Å². The van der Waals surface area contributed by atoms with Gasteiger partial charge in [-0.1, -0.05) is 6.92 Å². The number of hydrogen-bond donors (Lipinski definition) is 1. The first-order valence-corrected chi connectivity index (χ1v) is 6.10. The molecule has 1 aromatic rings. The van der Waals surface area contributed by atoms with Crippen LogP contribution in [0.3, 0.4) is 0 Å². The van der Waals surface area contributed by atoms with Crippen molar-refractivity contribution in [2.45, 2.75) is 13.0 Å². The molecule has 1 aliphatic heterocycles. The smallest absolute Gasteiger partial charge is 0.242 e. The molecule has 0 bridgehead atoms. The minimum atomic E-state index is 0.445. The molecule has 1 aromatic heterocycles. The van der Waals surface area contributed by atoms with Crippen LogP contribution in [0.5, 0.6) is 5.88 Å². The lowest BCUT2D eigenvalue weighted by Crippen LogP contribution is -2.34. The lowest BCUT2D eigenvalue weighted by atomic mass is 10.1. The molecule has 0 aliphatic carbocycles. The quantitative estimate of drug-likeness (QED) is 0.841. The second-order valence-corrected chi connectivity index (χ2v) is 5.03. The molecule has 2 heterocycles. The maximum Gasteiger partial charge on any atom is 0.242 e. The molecule has 0 spiro atoms. The molecule has 2 atom stereocenters. The van der Waals surface area contributed by atoms with Crippen molar-refractivity contribution in [3.05, 3.63) is 6.33 Å². The Hall–Kier alpha value is -1.56. The van der Waals surface area contributed by atoms with Crippen LogP contribution in [0.1, 0.15) is 6.92 Å². The number of hydrogen-bond acceptors (Lipinski definition) is 6. The van der Waals surface area contributed by atoms with Crippen LogP contribution in [0, 0.1) is 5.92 Å². The van der Waals surface area contributed by atoms with Crippen LogP contribution < -0.4 is 15.4 Å². The van der Waals surface area contributed by atoms with Crippen molar-refractivity contribution in [3.63, 3.8) is 0 Å². The third-order valence-corrected chi connectivity index (χ3v) is 3.56. The van der Waals surface area contributed by atoms with Gasteiger partial charge in [0.05, 0.1) is 7.11 Å². The summed E-state index contributed by atoms with van der Waals surface area (Å²) >= 11 is 0. The van der Waals surface area contributed by atoms with Crippen molar-refractivity contribution in [3.8, 4) is 5.88 Å². The molecule has 2 N–H and O–H groups in total. The highest BCUT2D eigenvalue weighted by atomic mass is 16.5. The van der Waals surface area contributed by atoms with E-state index in [1.165, 1.54) is 6.33 Å². The molecule has 0 aromatic carbocycles. The largest absolute Gasteiger partial charge is 0.479 e. The summed E-state index contributed by atoms with van der Waals surface area (Å²) in [6.45, 7) is 4.13. The lowest BCUT2D eigenvalue weighted by Gasteiger charge is -2.23. The Morgan fingerprint density at radius 1 is 1.39 bits per heavy atom. The van der Waals surface area contributed by atoms with Gasteiger partial charge < -0.3 is 20.3 Å². The number of nitrogens with zero attached hydrogens (tertiary/aromatic N) is 4. The molecule has 0 radical (unpaired) electrons. The first-order chi connectivity index (χ1) is 8.54. The van der Waals surface area contributed by atoms with Crippen molar-refractivity contribution < 1.29 is 4.74 Å². The van der Waals surface area contributed by atoms with Gasteiger partial charge in [0.1, 0.15) is 12.0 Å². The Bertz CT molecular complexity index is 423. The average molecular weight is 251 g/mol. The van der Waals surface area contributed by atoms with E-state index in [0.717, 1.165) is 18.9 Å². The Labute approximate surface area is 108 Å². The van der Waals surface area contributed by atoms with Crippen molar-refractivity contribution in [1.29, 1.82) is 0 Å². The van der Waals surface area contributed by atoms with Gasteiger partial charge in [-0.25, -0.2) is 4.98 Å². The third-order valence-electron chi connectivity index (χ3n) is 3.56.